The third kappa shape index (κ3) is 7.70. The number of fused-ring (bicyclic) bond motifs is 1. The van der Waals surface area contributed by atoms with Crippen molar-refractivity contribution in [2.45, 2.75) is 69.6 Å². The van der Waals surface area contributed by atoms with E-state index in [1.54, 1.807) is 11.6 Å². The highest BCUT2D eigenvalue weighted by Gasteiger charge is 2.32. The lowest BCUT2D eigenvalue weighted by Crippen LogP contribution is -2.44. The number of carbonyl (C=O) groups excluding carboxylic acids is 2. The molecule has 2 aromatic heterocycles. The molecule has 0 bridgehead atoms. The number of amides is 2. The molecule has 47 heavy (non-hydrogen) atoms. The number of hydrogen-bond acceptors (Lipinski definition) is 9. The van der Waals surface area contributed by atoms with E-state index in [2.05, 4.69) is 42.4 Å². The zero-order valence-corrected chi connectivity index (χ0v) is 27.1. The first-order chi connectivity index (χ1) is 22.7. The van der Waals surface area contributed by atoms with Crippen molar-refractivity contribution >= 4 is 39.8 Å². The number of nitrogens with one attached hydrogen (secondary N) is 2. The van der Waals surface area contributed by atoms with Gasteiger partial charge in [-0.15, -0.1) is 0 Å². The van der Waals surface area contributed by atoms with Gasteiger partial charge in [-0.1, -0.05) is 6.07 Å². The molecule has 6 rings (SSSR count). The van der Waals surface area contributed by atoms with Crippen LogP contribution in [0.3, 0.4) is 0 Å². The van der Waals surface area contributed by atoms with Gasteiger partial charge in [0.05, 0.1) is 34.4 Å². The third-order valence-corrected chi connectivity index (χ3v) is 11.0. The topological polar surface area (TPSA) is 144 Å². The number of likely N-dealkylation sites (tertiary alicyclic amines) is 1. The van der Waals surface area contributed by atoms with E-state index in [1.807, 2.05) is 10.4 Å². The van der Waals surface area contributed by atoms with Crippen LogP contribution in [-0.2, 0) is 27.6 Å². The highest BCUT2D eigenvalue weighted by molar-refractivity contribution is 7.82. The Bertz CT molecular complexity index is 1670. The van der Waals surface area contributed by atoms with E-state index in [9.17, 15) is 27.4 Å². The Kier molecular flexibility index (Phi) is 10.3. The molecule has 2 unspecified atom stereocenters. The fourth-order valence-corrected chi connectivity index (χ4v) is 8.09. The first kappa shape index (κ1) is 33.2. The van der Waals surface area contributed by atoms with Crippen LogP contribution < -0.4 is 21.1 Å². The molecule has 0 spiro atoms. The Hall–Kier alpha value is -3.76. The lowest BCUT2D eigenvalue weighted by molar-refractivity contribution is -0.135. The molecule has 1 aromatic carbocycles. The van der Waals surface area contributed by atoms with Crippen LogP contribution in [0.25, 0.3) is 11.0 Å². The van der Waals surface area contributed by atoms with Crippen molar-refractivity contribution in [1.82, 2.24) is 33.6 Å². The lowest BCUT2D eigenvalue weighted by Gasteiger charge is -2.33. The standard InChI is InChI=1S/C31H40F2N8O5S/c1-38-26-17-21(3-4-24(26)41(31(38)44)25-5-6-27(42)37-28(25)43)20-7-12-39(13-8-20)11-2-16-47(45)40-14-9-22(10-15-40)36-30-34-18-23(19-35-30)46-29(32)33/h3-4,17-20,22,25,29H,2,5-16H2,1H3,(H,34,35,36)(H,37,42,43). The van der Waals surface area contributed by atoms with Crippen molar-refractivity contribution in [2.24, 2.45) is 7.05 Å². The maximum absolute atomic E-state index is 13.1. The minimum absolute atomic E-state index is 0.0902. The monoisotopic (exact) mass is 674 g/mol. The number of piperidine rings is 3. The van der Waals surface area contributed by atoms with Gasteiger partial charge in [-0.3, -0.25) is 24.0 Å². The molecule has 2 N–H and O–H groups in total. The summed E-state index contributed by atoms with van der Waals surface area (Å²) in [6, 6.07) is 5.47. The second-order valence-electron chi connectivity index (χ2n) is 12.4. The molecule has 16 heteroatoms. The third-order valence-electron chi connectivity index (χ3n) is 9.42. The van der Waals surface area contributed by atoms with E-state index in [4.69, 9.17) is 0 Å². The minimum Gasteiger partial charge on any atom is -0.432 e. The number of benzene rings is 1. The molecule has 3 saturated heterocycles. The molecule has 0 radical (unpaired) electrons. The van der Waals surface area contributed by atoms with Gasteiger partial charge < -0.3 is 15.0 Å². The van der Waals surface area contributed by atoms with Gasteiger partial charge in [-0.05, 0) is 81.8 Å². The fourth-order valence-electron chi connectivity index (χ4n) is 6.84. The molecule has 0 saturated carbocycles. The Morgan fingerprint density at radius 1 is 1.02 bits per heavy atom. The number of rotatable bonds is 11. The highest BCUT2D eigenvalue weighted by Crippen LogP contribution is 2.31. The largest absolute Gasteiger partial charge is 0.432 e. The number of ether oxygens (including phenoxy) is 1. The van der Waals surface area contributed by atoms with Crippen LogP contribution >= 0.6 is 0 Å². The summed E-state index contributed by atoms with van der Waals surface area (Å²) < 4.78 is 47.0. The normalized spacial score (nSPS) is 21.3. The van der Waals surface area contributed by atoms with Crippen LogP contribution in [0, 0.1) is 0 Å². The zero-order valence-electron chi connectivity index (χ0n) is 26.3. The van der Waals surface area contributed by atoms with Crippen molar-refractivity contribution in [1.29, 1.82) is 0 Å². The van der Waals surface area contributed by atoms with Crippen molar-refractivity contribution in [3.8, 4) is 5.75 Å². The summed E-state index contributed by atoms with van der Waals surface area (Å²) in [6.07, 6.45) is 7.32. The van der Waals surface area contributed by atoms with Gasteiger partial charge in [-0.25, -0.2) is 23.3 Å². The van der Waals surface area contributed by atoms with E-state index >= 15 is 0 Å². The molecule has 3 aliphatic heterocycles. The summed E-state index contributed by atoms with van der Waals surface area (Å²) in [5.41, 5.74) is 2.40. The summed E-state index contributed by atoms with van der Waals surface area (Å²) >= 11 is 0. The minimum atomic E-state index is -2.92. The number of aromatic nitrogens is 4. The molecule has 3 fully saturated rings. The van der Waals surface area contributed by atoms with Crippen LogP contribution in [-0.4, -0.2) is 95.5 Å². The number of anilines is 1. The molecule has 3 aliphatic rings. The first-order valence-electron chi connectivity index (χ1n) is 16.1. The molecule has 254 valence electrons. The molecule has 2 atom stereocenters. The number of carbonyl (C=O) groups is 2. The number of nitrogens with zero attached hydrogens (tertiary/aromatic N) is 6. The molecular weight excluding hydrogens is 634 g/mol. The Morgan fingerprint density at radius 3 is 2.43 bits per heavy atom. The van der Waals surface area contributed by atoms with Crippen LogP contribution in [0.5, 0.6) is 5.75 Å². The molecule has 3 aromatic rings. The summed E-state index contributed by atoms with van der Waals surface area (Å²) in [4.78, 5) is 47.7. The van der Waals surface area contributed by atoms with Crippen LogP contribution in [0.4, 0.5) is 14.7 Å². The van der Waals surface area contributed by atoms with Crippen LogP contribution in [0.1, 0.15) is 62.5 Å². The van der Waals surface area contributed by atoms with E-state index in [0.29, 0.717) is 42.6 Å². The number of hydrogen-bond donors (Lipinski definition) is 2. The van der Waals surface area contributed by atoms with E-state index < -0.39 is 29.5 Å². The quantitative estimate of drug-likeness (QED) is 0.294. The maximum atomic E-state index is 13.1. The van der Waals surface area contributed by atoms with Crippen LogP contribution in [0.15, 0.2) is 35.4 Å². The Labute approximate surface area is 273 Å². The summed E-state index contributed by atoms with van der Waals surface area (Å²) in [5, 5.41) is 5.57. The molecule has 5 heterocycles. The average molecular weight is 675 g/mol. The number of imidazole rings is 1. The van der Waals surface area contributed by atoms with Gasteiger partial charge >= 0.3 is 12.3 Å². The predicted octanol–water partition coefficient (Wildman–Crippen LogP) is 2.52. The lowest BCUT2D eigenvalue weighted by atomic mass is 9.89. The Balaban J connectivity index is 0.932. The van der Waals surface area contributed by atoms with Crippen molar-refractivity contribution in [2.75, 3.05) is 43.8 Å². The highest BCUT2D eigenvalue weighted by atomic mass is 32.2. The van der Waals surface area contributed by atoms with Crippen molar-refractivity contribution < 1.29 is 27.3 Å². The average Bonchev–Trinajstić information content (AvgIpc) is 3.31. The molecule has 0 aliphatic carbocycles. The van der Waals surface area contributed by atoms with Crippen molar-refractivity contribution in [3.63, 3.8) is 0 Å². The van der Waals surface area contributed by atoms with Crippen LogP contribution in [0.2, 0.25) is 0 Å². The molecule has 13 nitrogen and oxygen atoms in total. The number of imide groups is 1. The second kappa shape index (κ2) is 14.6. The Morgan fingerprint density at radius 2 is 1.74 bits per heavy atom. The molecular formula is C31H40F2N8O5S. The summed E-state index contributed by atoms with van der Waals surface area (Å²) in [6.45, 7) is 1.24. The van der Waals surface area contributed by atoms with Crippen molar-refractivity contribution in [3.05, 3.63) is 46.6 Å². The number of alkyl halides is 2. The second-order valence-corrected chi connectivity index (χ2v) is 14.0. The van der Waals surface area contributed by atoms with Gasteiger partial charge in [-0.2, -0.15) is 8.78 Å². The van der Waals surface area contributed by atoms with E-state index in [-0.39, 0.29) is 29.8 Å². The smallest absolute Gasteiger partial charge is 0.387 e. The number of aryl methyl sites for hydroxylation is 1. The SMILES string of the molecule is Cn1c(=O)n(C2CCC(=O)NC2=O)c2ccc(C3CCN(CCCS(=O)N4CCC(Nc5ncc(OC(F)F)cn5)CC4)CC3)cc21. The number of halogens is 2. The van der Waals surface area contributed by atoms with E-state index in [1.165, 1.54) is 22.5 Å². The van der Waals surface area contributed by atoms with Gasteiger partial charge in [0, 0.05) is 38.4 Å². The first-order valence-corrected chi connectivity index (χ1v) is 17.4. The maximum Gasteiger partial charge on any atom is 0.387 e. The summed E-state index contributed by atoms with van der Waals surface area (Å²) in [5.74, 6) is 0.497. The molecule has 2 amide bonds. The van der Waals surface area contributed by atoms with Gasteiger partial charge in [0.25, 0.3) is 0 Å². The fraction of sp³-hybridized carbons (Fsp3) is 0.581. The van der Waals surface area contributed by atoms with Gasteiger partial charge in [0.2, 0.25) is 17.8 Å². The van der Waals surface area contributed by atoms with Gasteiger partial charge in [0.15, 0.2) is 5.75 Å². The van der Waals surface area contributed by atoms with Gasteiger partial charge in [0.1, 0.15) is 6.04 Å². The zero-order chi connectivity index (χ0) is 33.1. The van der Waals surface area contributed by atoms with E-state index in [0.717, 1.165) is 57.3 Å². The predicted molar refractivity (Wildman–Crippen MR) is 172 cm³/mol. The summed E-state index contributed by atoms with van der Waals surface area (Å²) in [7, 11) is 0.667.